The number of anilines is 1. The van der Waals surface area contributed by atoms with E-state index in [2.05, 4.69) is 4.98 Å². The number of ketones is 2. The standard InChI is InChI=1S/C29H28N2O4/c1-35-24-15-11-21(12-16-24)27(32)25-26(20-6-3-2-4-7-20)31(29(34)28(25)33)23-13-9-19(10-14-23)22-8-5-17-30-18-22/h5,8-18,20,25-26H,2-4,6-7H2,1H3. The molecule has 6 nitrogen and oxygen atoms in total. The lowest BCUT2D eigenvalue weighted by molar-refractivity contribution is -0.135. The number of amides is 1. The van der Waals surface area contributed by atoms with Gasteiger partial charge in [0.15, 0.2) is 5.78 Å². The van der Waals surface area contributed by atoms with Crippen LogP contribution in [0.15, 0.2) is 73.1 Å². The van der Waals surface area contributed by atoms with Gasteiger partial charge in [0.05, 0.1) is 13.2 Å². The van der Waals surface area contributed by atoms with Crippen LogP contribution in [0.3, 0.4) is 0 Å². The van der Waals surface area contributed by atoms with Crippen LogP contribution >= 0.6 is 0 Å². The number of Topliss-reactive ketones (excluding diaryl/α,β-unsaturated/α-hetero) is 2. The predicted octanol–water partition coefficient (Wildman–Crippen LogP) is 5.12. The van der Waals surface area contributed by atoms with Gasteiger partial charge in [-0.15, -0.1) is 0 Å². The van der Waals surface area contributed by atoms with E-state index < -0.39 is 23.7 Å². The maximum absolute atomic E-state index is 13.6. The Bertz CT molecular complexity index is 1220. The summed E-state index contributed by atoms with van der Waals surface area (Å²) in [5, 5.41) is 0. The Kier molecular flexibility index (Phi) is 6.45. The number of ether oxygens (including phenoxy) is 1. The molecule has 2 aliphatic rings. The molecular formula is C29H28N2O4. The largest absolute Gasteiger partial charge is 0.497 e. The fourth-order valence-corrected chi connectivity index (χ4v) is 5.50. The number of benzene rings is 2. The quantitative estimate of drug-likeness (QED) is 0.285. The van der Waals surface area contributed by atoms with E-state index in [4.69, 9.17) is 4.74 Å². The summed E-state index contributed by atoms with van der Waals surface area (Å²) >= 11 is 0. The van der Waals surface area contributed by atoms with Crippen molar-refractivity contribution in [3.05, 3.63) is 78.6 Å². The lowest BCUT2D eigenvalue weighted by Gasteiger charge is -2.35. The highest BCUT2D eigenvalue weighted by atomic mass is 16.5. The van der Waals surface area contributed by atoms with Crippen LogP contribution in [0.5, 0.6) is 5.75 Å². The van der Waals surface area contributed by atoms with E-state index in [0.717, 1.165) is 43.2 Å². The molecule has 3 aromatic rings. The van der Waals surface area contributed by atoms with Gasteiger partial charge in [-0.1, -0.05) is 37.5 Å². The third-order valence-corrected chi connectivity index (χ3v) is 7.28. The van der Waals surface area contributed by atoms with Gasteiger partial charge in [0.1, 0.15) is 11.7 Å². The minimum absolute atomic E-state index is 0.101. The number of carbonyl (C=O) groups is 3. The monoisotopic (exact) mass is 468 g/mol. The zero-order chi connectivity index (χ0) is 24.4. The van der Waals surface area contributed by atoms with Crippen LogP contribution in [0.2, 0.25) is 0 Å². The van der Waals surface area contributed by atoms with E-state index >= 15 is 0 Å². The molecule has 1 aliphatic heterocycles. The average Bonchev–Trinajstić information content (AvgIpc) is 3.19. The lowest BCUT2D eigenvalue weighted by Crippen LogP contribution is -2.43. The molecule has 0 N–H and O–H groups in total. The second-order valence-electron chi connectivity index (χ2n) is 9.29. The van der Waals surface area contributed by atoms with Crippen LogP contribution in [0, 0.1) is 11.8 Å². The smallest absolute Gasteiger partial charge is 0.295 e. The average molecular weight is 469 g/mol. The molecule has 0 spiro atoms. The van der Waals surface area contributed by atoms with Gasteiger partial charge in [-0.3, -0.25) is 19.4 Å². The van der Waals surface area contributed by atoms with Crippen LogP contribution in [-0.4, -0.2) is 35.6 Å². The predicted molar refractivity (Wildman–Crippen MR) is 133 cm³/mol. The van der Waals surface area contributed by atoms with Crippen molar-refractivity contribution in [2.24, 2.45) is 11.8 Å². The first kappa shape index (κ1) is 23.0. The molecule has 0 bridgehead atoms. The van der Waals surface area contributed by atoms with Gasteiger partial charge in [0.25, 0.3) is 5.91 Å². The number of aromatic nitrogens is 1. The second kappa shape index (κ2) is 9.82. The van der Waals surface area contributed by atoms with E-state index in [0.29, 0.717) is 17.0 Å². The van der Waals surface area contributed by atoms with Crippen molar-refractivity contribution >= 4 is 23.2 Å². The summed E-state index contributed by atoms with van der Waals surface area (Å²) in [6.07, 6.45) is 8.54. The van der Waals surface area contributed by atoms with Gasteiger partial charge in [-0.05, 0) is 72.4 Å². The molecule has 1 amide bonds. The number of nitrogens with zero attached hydrogens (tertiary/aromatic N) is 2. The summed E-state index contributed by atoms with van der Waals surface area (Å²) in [5.41, 5.74) is 3.02. The van der Waals surface area contributed by atoms with Crippen molar-refractivity contribution in [1.29, 1.82) is 0 Å². The molecule has 2 heterocycles. The molecule has 2 fully saturated rings. The summed E-state index contributed by atoms with van der Waals surface area (Å²) < 4.78 is 5.20. The molecule has 2 atom stereocenters. The number of hydrogen-bond acceptors (Lipinski definition) is 5. The van der Waals surface area contributed by atoms with Crippen LogP contribution in [0.1, 0.15) is 42.5 Å². The molecule has 6 heteroatoms. The Morgan fingerprint density at radius 2 is 1.63 bits per heavy atom. The van der Waals surface area contributed by atoms with Crippen molar-refractivity contribution in [1.82, 2.24) is 4.98 Å². The van der Waals surface area contributed by atoms with E-state index in [1.165, 1.54) is 0 Å². The molecule has 1 aliphatic carbocycles. The molecular weight excluding hydrogens is 440 g/mol. The Labute approximate surface area is 204 Å². The van der Waals surface area contributed by atoms with Crippen molar-refractivity contribution in [3.8, 4) is 16.9 Å². The van der Waals surface area contributed by atoms with E-state index in [-0.39, 0.29) is 11.7 Å². The zero-order valence-electron chi connectivity index (χ0n) is 19.7. The fourth-order valence-electron chi connectivity index (χ4n) is 5.50. The minimum Gasteiger partial charge on any atom is -0.497 e. The van der Waals surface area contributed by atoms with Gasteiger partial charge < -0.3 is 9.64 Å². The summed E-state index contributed by atoms with van der Waals surface area (Å²) in [7, 11) is 1.56. The van der Waals surface area contributed by atoms with Gasteiger partial charge in [0, 0.05) is 23.6 Å². The number of methoxy groups -OCH3 is 1. The molecule has 1 aromatic heterocycles. The molecule has 1 saturated carbocycles. The first-order valence-electron chi connectivity index (χ1n) is 12.1. The summed E-state index contributed by atoms with van der Waals surface area (Å²) in [5.74, 6) is -1.77. The molecule has 35 heavy (non-hydrogen) atoms. The highest BCUT2D eigenvalue weighted by Crippen LogP contribution is 2.41. The highest BCUT2D eigenvalue weighted by molar-refractivity contribution is 6.49. The van der Waals surface area contributed by atoms with Gasteiger partial charge in [-0.2, -0.15) is 0 Å². The Morgan fingerprint density at radius 3 is 2.26 bits per heavy atom. The third kappa shape index (κ3) is 4.36. The minimum atomic E-state index is -1.00. The molecule has 2 unspecified atom stereocenters. The summed E-state index contributed by atoms with van der Waals surface area (Å²) in [6, 6.07) is 17.7. The third-order valence-electron chi connectivity index (χ3n) is 7.28. The summed E-state index contributed by atoms with van der Waals surface area (Å²) in [4.78, 5) is 46.1. The maximum atomic E-state index is 13.6. The van der Waals surface area contributed by atoms with E-state index in [9.17, 15) is 14.4 Å². The van der Waals surface area contributed by atoms with Crippen molar-refractivity contribution < 1.29 is 19.1 Å². The van der Waals surface area contributed by atoms with Crippen molar-refractivity contribution in [2.75, 3.05) is 12.0 Å². The summed E-state index contributed by atoms with van der Waals surface area (Å²) in [6.45, 7) is 0. The first-order chi connectivity index (χ1) is 17.1. The van der Waals surface area contributed by atoms with E-state index in [1.54, 1.807) is 48.7 Å². The number of pyridine rings is 1. The topological polar surface area (TPSA) is 76.6 Å². The number of rotatable bonds is 6. The highest BCUT2D eigenvalue weighted by Gasteiger charge is 2.54. The number of carbonyl (C=O) groups excluding carboxylic acids is 3. The van der Waals surface area contributed by atoms with Crippen LogP contribution < -0.4 is 9.64 Å². The number of hydrogen-bond donors (Lipinski definition) is 0. The van der Waals surface area contributed by atoms with Crippen LogP contribution in [0.25, 0.3) is 11.1 Å². The van der Waals surface area contributed by atoms with Gasteiger partial charge >= 0.3 is 0 Å². The normalized spacial score (nSPS) is 20.8. The van der Waals surface area contributed by atoms with Crippen LogP contribution in [-0.2, 0) is 9.59 Å². The Morgan fingerprint density at radius 1 is 0.914 bits per heavy atom. The Hall–Kier alpha value is -3.80. The molecule has 178 valence electrons. The fraction of sp³-hybridized carbons (Fsp3) is 0.310. The molecule has 1 saturated heterocycles. The van der Waals surface area contributed by atoms with E-state index in [1.807, 2.05) is 36.4 Å². The Balaban J connectivity index is 1.51. The first-order valence-corrected chi connectivity index (χ1v) is 12.1. The van der Waals surface area contributed by atoms with Crippen molar-refractivity contribution in [2.45, 2.75) is 38.1 Å². The van der Waals surface area contributed by atoms with Crippen molar-refractivity contribution in [3.63, 3.8) is 0 Å². The lowest BCUT2D eigenvalue weighted by atomic mass is 9.76. The second-order valence-corrected chi connectivity index (χ2v) is 9.29. The zero-order valence-corrected chi connectivity index (χ0v) is 19.7. The maximum Gasteiger partial charge on any atom is 0.295 e. The molecule has 2 aromatic carbocycles. The SMILES string of the molecule is COc1ccc(C(=O)C2C(=O)C(=O)N(c3ccc(-c4cccnc4)cc3)C2C2CCCCC2)cc1. The molecule has 0 radical (unpaired) electrons. The molecule has 5 rings (SSSR count). The van der Waals surface area contributed by atoms with Crippen LogP contribution in [0.4, 0.5) is 5.69 Å². The van der Waals surface area contributed by atoms with Gasteiger partial charge in [0.2, 0.25) is 5.78 Å². The van der Waals surface area contributed by atoms with Gasteiger partial charge in [-0.25, -0.2) is 0 Å².